The van der Waals surface area contributed by atoms with Gasteiger partial charge in [-0.25, -0.2) is 4.99 Å². The Hall–Kier alpha value is -0.860. The quantitative estimate of drug-likeness (QED) is 0.230. The second kappa shape index (κ2) is 14.2. The zero-order chi connectivity index (χ0) is 18.6. The molecule has 1 aliphatic heterocycles. The van der Waals surface area contributed by atoms with Gasteiger partial charge in [-0.05, 0) is 24.1 Å². The zero-order valence-electron chi connectivity index (χ0n) is 17.1. The number of hydrogen-bond acceptors (Lipinski definition) is 3. The average molecular weight is 487 g/mol. The molecule has 0 unspecified atom stereocenters. The van der Waals surface area contributed by atoms with E-state index >= 15 is 0 Å². The van der Waals surface area contributed by atoms with E-state index in [0.717, 1.165) is 39.1 Å². The highest BCUT2D eigenvalue weighted by Crippen LogP contribution is 2.14. The largest absolute Gasteiger partial charge is 0.370 e. The number of nitrogens with two attached hydrogens (primary N) is 1. The predicted molar refractivity (Wildman–Crippen MR) is 127 cm³/mol. The first-order chi connectivity index (χ1) is 12.7. The van der Waals surface area contributed by atoms with Gasteiger partial charge in [0.05, 0.1) is 6.54 Å². The van der Waals surface area contributed by atoms with Gasteiger partial charge < -0.3 is 16.0 Å². The minimum absolute atomic E-state index is 0. The van der Waals surface area contributed by atoms with Crippen molar-refractivity contribution in [1.82, 2.24) is 15.1 Å². The summed E-state index contributed by atoms with van der Waals surface area (Å²) in [5.74, 6) is 0.563. The molecule has 0 amide bonds. The first kappa shape index (κ1) is 24.2. The number of benzene rings is 1. The van der Waals surface area contributed by atoms with Crippen LogP contribution in [0.15, 0.2) is 29.3 Å². The van der Waals surface area contributed by atoms with Crippen LogP contribution in [-0.2, 0) is 13.1 Å². The van der Waals surface area contributed by atoms with E-state index in [9.17, 15) is 0 Å². The lowest BCUT2D eigenvalue weighted by atomic mass is 10.1. The number of nitrogens with one attached hydrogen (secondary N) is 1. The van der Waals surface area contributed by atoms with Gasteiger partial charge in [0.1, 0.15) is 0 Å². The second-order valence-electron chi connectivity index (χ2n) is 7.17. The van der Waals surface area contributed by atoms with Crippen molar-refractivity contribution in [1.29, 1.82) is 0 Å². The molecule has 0 aromatic heterocycles. The van der Waals surface area contributed by atoms with E-state index in [1.165, 1.54) is 43.5 Å². The molecule has 5 nitrogen and oxygen atoms in total. The SMILES string of the molecule is CCCCCCNC(N)=NCc1ccccc1CN1CCN(CC)CC1.I. The van der Waals surface area contributed by atoms with Crippen LogP contribution in [-0.4, -0.2) is 55.0 Å². The molecular formula is C21H38IN5. The Balaban J connectivity index is 0.00000364. The van der Waals surface area contributed by atoms with Crippen LogP contribution < -0.4 is 11.1 Å². The van der Waals surface area contributed by atoms with Crippen LogP contribution in [0.5, 0.6) is 0 Å². The van der Waals surface area contributed by atoms with Crippen LogP contribution in [0.2, 0.25) is 0 Å². The van der Waals surface area contributed by atoms with Crippen LogP contribution in [0.4, 0.5) is 0 Å². The lowest BCUT2D eigenvalue weighted by Crippen LogP contribution is -2.45. The maximum absolute atomic E-state index is 6.02. The number of halogens is 1. The van der Waals surface area contributed by atoms with E-state index in [0.29, 0.717) is 12.5 Å². The van der Waals surface area contributed by atoms with Gasteiger partial charge in [0.15, 0.2) is 5.96 Å². The van der Waals surface area contributed by atoms with E-state index in [1.807, 2.05) is 0 Å². The summed E-state index contributed by atoms with van der Waals surface area (Å²) in [5, 5.41) is 3.24. The van der Waals surface area contributed by atoms with Gasteiger partial charge in [-0.3, -0.25) is 4.90 Å². The Morgan fingerprint density at radius 3 is 2.33 bits per heavy atom. The lowest BCUT2D eigenvalue weighted by molar-refractivity contribution is 0.131. The molecule has 6 heteroatoms. The molecule has 154 valence electrons. The van der Waals surface area contributed by atoms with E-state index in [1.54, 1.807) is 0 Å². The van der Waals surface area contributed by atoms with Crippen LogP contribution in [0.3, 0.4) is 0 Å². The van der Waals surface area contributed by atoms with Gasteiger partial charge >= 0.3 is 0 Å². The molecule has 1 fully saturated rings. The van der Waals surface area contributed by atoms with Crippen molar-refractivity contribution in [2.75, 3.05) is 39.3 Å². The summed E-state index contributed by atoms with van der Waals surface area (Å²) >= 11 is 0. The van der Waals surface area contributed by atoms with Crippen molar-refractivity contribution in [2.24, 2.45) is 10.7 Å². The second-order valence-corrected chi connectivity index (χ2v) is 7.17. The summed E-state index contributed by atoms with van der Waals surface area (Å²) in [5.41, 5.74) is 8.68. The molecule has 1 saturated heterocycles. The fourth-order valence-electron chi connectivity index (χ4n) is 3.37. The number of piperazine rings is 1. The monoisotopic (exact) mass is 487 g/mol. The predicted octanol–water partition coefficient (Wildman–Crippen LogP) is 3.43. The highest BCUT2D eigenvalue weighted by molar-refractivity contribution is 14.0. The highest BCUT2D eigenvalue weighted by atomic mass is 127. The van der Waals surface area contributed by atoms with Crippen molar-refractivity contribution in [2.45, 2.75) is 52.6 Å². The third-order valence-corrected chi connectivity index (χ3v) is 5.18. The Morgan fingerprint density at radius 1 is 1.00 bits per heavy atom. The van der Waals surface area contributed by atoms with Crippen LogP contribution in [0.25, 0.3) is 0 Å². The molecule has 1 heterocycles. The molecule has 0 atom stereocenters. The first-order valence-electron chi connectivity index (χ1n) is 10.3. The Bertz CT molecular complexity index is 541. The fourth-order valence-corrected chi connectivity index (χ4v) is 3.37. The minimum atomic E-state index is 0. The summed E-state index contributed by atoms with van der Waals surface area (Å²) in [6, 6.07) is 8.62. The number of likely N-dealkylation sites (N-methyl/N-ethyl adjacent to an activating group) is 1. The smallest absolute Gasteiger partial charge is 0.188 e. The summed E-state index contributed by atoms with van der Waals surface area (Å²) in [6.45, 7) is 12.8. The molecule has 0 aliphatic carbocycles. The molecule has 0 bridgehead atoms. The van der Waals surface area contributed by atoms with E-state index < -0.39 is 0 Å². The first-order valence-corrected chi connectivity index (χ1v) is 10.3. The number of guanidine groups is 1. The van der Waals surface area contributed by atoms with Crippen LogP contribution in [0, 0.1) is 0 Å². The molecule has 1 aromatic carbocycles. The average Bonchev–Trinajstić information content (AvgIpc) is 2.68. The molecule has 27 heavy (non-hydrogen) atoms. The summed E-state index contributed by atoms with van der Waals surface area (Å²) < 4.78 is 0. The maximum atomic E-state index is 6.02. The molecule has 3 N–H and O–H groups in total. The van der Waals surface area contributed by atoms with Gasteiger partial charge in [-0.1, -0.05) is 57.4 Å². The van der Waals surface area contributed by atoms with Crippen molar-refractivity contribution in [3.63, 3.8) is 0 Å². The Morgan fingerprint density at radius 2 is 1.67 bits per heavy atom. The Kier molecular flexibility index (Phi) is 12.7. The summed E-state index contributed by atoms with van der Waals surface area (Å²) in [6.07, 6.45) is 4.96. The van der Waals surface area contributed by atoms with Crippen molar-refractivity contribution in [3.8, 4) is 0 Å². The molecule has 0 spiro atoms. The zero-order valence-corrected chi connectivity index (χ0v) is 19.5. The number of rotatable bonds is 10. The molecule has 2 rings (SSSR count). The minimum Gasteiger partial charge on any atom is -0.370 e. The number of nitrogens with zero attached hydrogens (tertiary/aromatic N) is 3. The third-order valence-electron chi connectivity index (χ3n) is 5.18. The Labute approximate surface area is 182 Å². The normalized spacial score (nSPS) is 16.1. The molecule has 0 radical (unpaired) electrons. The lowest BCUT2D eigenvalue weighted by Gasteiger charge is -2.34. The fraction of sp³-hybridized carbons (Fsp3) is 0.667. The van der Waals surface area contributed by atoms with Crippen molar-refractivity contribution >= 4 is 29.9 Å². The van der Waals surface area contributed by atoms with Gasteiger partial charge in [0.25, 0.3) is 0 Å². The molecule has 1 aromatic rings. The number of hydrogen-bond donors (Lipinski definition) is 2. The van der Waals surface area contributed by atoms with Gasteiger partial charge in [0, 0.05) is 39.3 Å². The van der Waals surface area contributed by atoms with E-state index in [2.05, 4.69) is 58.2 Å². The maximum Gasteiger partial charge on any atom is 0.188 e. The number of unbranched alkanes of at least 4 members (excludes halogenated alkanes) is 3. The number of aliphatic imine (C=N–C) groups is 1. The van der Waals surface area contributed by atoms with Gasteiger partial charge in [0.2, 0.25) is 0 Å². The van der Waals surface area contributed by atoms with Gasteiger partial charge in [-0.2, -0.15) is 0 Å². The molecule has 1 aliphatic rings. The molecule has 0 saturated carbocycles. The van der Waals surface area contributed by atoms with E-state index in [-0.39, 0.29) is 24.0 Å². The third kappa shape index (κ3) is 9.25. The standard InChI is InChI=1S/C21H37N5.HI/c1-3-5-6-9-12-23-21(22)24-17-19-10-7-8-11-20(19)18-26-15-13-25(4-2)14-16-26;/h7-8,10-11H,3-6,9,12-18H2,1-2H3,(H3,22,23,24);1H. The van der Waals surface area contributed by atoms with Crippen molar-refractivity contribution in [3.05, 3.63) is 35.4 Å². The summed E-state index contributed by atoms with van der Waals surface area (Å²) in [7, 11) is 0. The van der Waals surface area contributed by atoms with Crippen LogP contribution in [0.1, 0.15) is 50.7 Å². The molecular weight excluding hydrogens is 449 g/mol. The van der Waals surface area contributed by atoms with Crippen LogP contribution >= 0.6 is 24.0 Å². The van der Waals surface area contributed by atoms with E-state index in [4.69, 9.17) is 5.73 Å². The summed E-state index contributed by atoms with van der Waals surface area (Å²) in [4.78, 5) is 9.61. The highest BCUT2D eigenvalue weighted by Gasteiger charge is 2.16. The topological polar surface area (TPSA) is 56.9 Å². The van der Waals surface area contributed by atoms with Crippen molar-refractivity contribution < 1.29 is 0 Å². The van der Waals surface area contributed by atoms with Gasteiger partial charge in [-0.15, -0.1) is 24.0 Å².